The van der Waals surface area contributed by atoms with Gasteiger partial charge in [-0.05, 0) is 13.0 Å². The summed E-state index contributed by atoms with van der Waals surface area (Å²) in [6, 6.07) is 6.45. The third kappa shape index (κ3) is 8.94. The summed E-state index contributed by atoms with van der Waals surface area (Å²) >= 11 is 0. The molecule has 138 valence electrons. The van der Waals surface area contributed by atoms with E-state index in [4.69, 9.17) is 18.9 Å². The average Bonchev–Trinajstić information content (AvgIpc) is 2.59. The van der Waals surface area contributed by atoms with E-state index in [2.05, 4.69) is 6.58 Å². The van der Waals surface area contributed by atoms with Crippen LogP contribution in [0.4, 0.5) is 5.69 Å². The van der Waals surface area contributed by atoms with Crippen LogP contribution in [-0.4, -0.2) is 50.5 Å². The molecule has 8 nitrogen and oxygen atoms in total. The Balaban J connectivity index is 1.98. The second kappa shape index (κ2) is 12.1. The zero-order chi connectivity index (χ0) is 18.5. The van der Waals surface area contributed by atoms with Crippen LogP contribution in [0.15, 0.2) is 36.4 Å². The van der Waals surface area contributed by atoms with Crippen molar-refractivity contribution in [3.8, 4) is 0 Å². The number of carbonyl (C=O) groups is 1. The number of benzene rings is 1. The van der Waals surface area contributed by atoms with Crippen molar-refractivity contribution in [1.82, 2.24) is 0 Å². The lowest BCUT2D eigenvalue weighted by molar-refractivity contribution is -0.386. The first kappa shape index (κ1) is 20.8. The summed E-state index contributed by atoms with van der Waals surface area (Å²) in [4.78, 5) is 21.5. The van der Waals surface area contributed by atoms with Gasteiger partial charge in [-0.15, -0.1) is 0 Å². The van der Waals surface area contributed by atoms with Gasteiger partial charge in [-0.25, -0.2) is 4.79 Å². The van der Waals surface area contributed by atoms with Crippen LogP contribution in [0.5, 0.6) is 0 Å². The van der Waals surface area contributed by atoms with Gasteiger partial charge in [-0.3, -0.25) is 10.1 Å². The van der Waals surface area contributed by atoms with Crippen LogP contribution < -0.4 is 0 Å². The van der Waals surface area contributed by atoms with Gasteiger partial charge in [0, 0.05) is 11.6 Å². The summed E-state index contributed by atoms with van der Waals surface area (Å²) < 4.78 is 20.8. The number of para-hydroxylation sites is 1. The molecule has 0 heterocycles. The van der Waals surface area contributed by atoms with Gasteiger partial charge < -0.3 is 18.9 Å². The molecule has 0 aliphatic rings. The Morgan fingerprint density at radius 1 is 1.04 bits per heavy atom. The van der Waals surface area contributed by atoms with Gasteiger partial charge in [0.05, 0.1) is 50.1 Å². The Bertz CT molecular complexity index is 574. The van der Waals surface area contributed by atoms with Crippen LogP contribution in [0, 0.1) is 10.1 Å². The second-order valence-corrected chi connectivity index (χ2v) is 5.08. The van der Waals surface area contributed by atoms with Crippen molar-refractivity contribution in [3.63, 3.8) is 0 Å². The lowest BCUT2D eigenvalue weighted by atomic mass is 10.2. The first-order chi connectivity index (χ1) is 12.0. The van der Waals surface area contributed by atoms with Crippen LogP contribution >= 0.6 is 0 Å². The van der Waals surface area contributed by atoms with Crippen LogP contribution in [0.3, 0.4) is 0 Å². The maximum absolute atomic E-state index is 11.1. The number of nitro groups is 1. The van der Waals surface area contributed by atoms with Gasteiger partial charge in [0.2, 0.25) is 0 Å². The van der Waals surface area contributed by atoms with Crippen molar-refractivity contribution in [2.24, 2.45) is 0 Å². The molecule has 0 fully saturated rings. The Morgan fingerprint density at radius 2 is 1.60 bits per heavy atom. The first-order valence-corrected chi connectivity index (χ1v) is 7.80. The van der Waals surface area contributed by atoms with Crippen molar-refractivity contribution in [2.45, 2.75) is 13.5 Å². The van der Waals surface area contributed by atoms with Gasteiger partial charge in [0.15, 0.2) is 0 Å². The maximum atomic E-state index is 11.1. The molecule has 0 atom stereocenters. The quantitative estimate of drug-likeness (QED) is 0.176. The van der Waals surface area contributed by atoms with E-state index < -0.39 is 10.9 Å². The summed E-state index contributed by atoms with van der Waals surface area (Å²) in [5, 5.41) is 10.9. The largest absolute Gasteiger partial charge is 0.460 e. The fourth-order valence-electron chi connectivity index (χ4n) is 1.75. The molecule has 0 amide bonds. The number of esters is 1. The Hall–Kier alpha value is -2.29. The summed E-state index contributed by atoms with van der Waals surface area (Å²) in [7, 11) is 0. The van der Waals surface area contributed by atoms with Gasteiger partial charge in [0.25, 0.3) is 5.69 Å². The highest BCUT2D eigenvalue weighted by molar-refractivity contribution is 5.86. The summed E-state index contributed by atoms with van der Waals surface area (Å²) in [6.45, 7) is 7.09. The van der Waals surface area contributed by atoms with Gasteiger partial charge in [0.1, 0.15) is 6.61 Å². The molecule has 0 aromatic heterocycles. The number of hydrogen-bond donors (Lipinski definition) is 0. The maximum Gasteiger partial charge on any atom is 0.333 e. The number of hydrogen-bond acceptors (Lipinski definition) is 7. The number of nitro benzene ring substituents is 1. The van der Waals surface area contributed by atoms with Crippen molar-refractivity contribution in [3.05, 3.63) is 52.1 Å². The number of nitrogens with zero attached hydrogens (tertiary/aromatic N) is 1. The van der Waals surface area contributed by atoms with E-state index in [9.17, 15) is 14.9 Å². The van der Waals surface area contributed by atoms with Crippen LogP contribution in [0.1, 0.15) is 12.5 Å². The molecular formula is C17H23NO7. The normalized spacial score (nSPS) is 10.4. The number of rotatable bonds is 13. The van der Waals surface area contributed by atoms with Gasteiger partial charge in [-0.1, -0.05) is 18.7 Å². The Labute approximate surface area is 146 Å². The fourth-order valence-corrected chi connectivity index (χ4v) is 1.75. The SMILES string of the molecule is C=C(C)C(=O)OCCOCCOCCOCc1ccccc1[N+](=O)[O-]. The van der Waals surface area contributed by atoms with E-state index in [1.807, 2.05) is 0 Å². The summed E-state index contributed by atoms with van der Waals surface area (Å²) in [5.41, 5.74) is 0.925. The topological polar surface area (TPSA) is 97.1 Å². The highest BCUT2D eigenvalue weighted by atomic mass is 16.6. The molecular weight excluding hydrogens is 330 g/mol. The molecule has 0 saturated heterocycles. The smallest absolute Gasteiger partial charge is 0.333 e. The molecule has 0 saturated carbocycles. The predicted octanol–water partition coefficient (Wildman–Crippen LogP) is 2.26. The van der Waals surface area contributed by atoms with E-state index >= 15 is 0 Å². The van der Waals surface area contributed by atoms with E-state index in [1.165, 1.54) is 6.07 Å². The summed E-state index contributed by atoms with van der Waals surface area (Å²) in [6.07, 6.45) is 0. The standard InChI is InChI=1S/C17H23NO7/c1-14(2)17(19)25-12-11-23-8-7-22-9-10-24-13-15-5-3-4-6-16(15)18(20)21/h3-6H,1,7-13H2,2H3. The molecule has 1 aromatic rings. The minimum Gasteiger partial charge on any atom is -0.460 e. The molecule has 0 aliphatic carbocycles. The summed E-state index contributed by atoms with van der Waals surface area (Å²) in [5.74, 6) is -0.435. The Kier molecular flexibility index (Phi) is 10.1. The monoisotopic (exact) mass is 353 g/mol. The highest BCUT2D eigenvalue weighted by Crippen LogP contribution is 2.18. The lowest BCUT2D eigenvalue weighted by Crippen LogP contribution is -2.14. The van der Waals surface area contributed by atoms with Crippen molar-refractivity contribution in [2.75, 3.05) is 39.6 Å². The van der Waals surface area contributed by atoms with Crippen molar-refractivity contribution in [1.29, 1.82) is 0 Å². The zero-order valence-corrected chi connectivity index (χ0v) is 14.3. The molecule has 8 heteroatoms. The number of carbonyl (C=O) groups excluding carboxylic acids is 1. The molecule has 1 aromatic carbocycles. The van der Waals surface area contributed by atoms with Crippen molar-refractivity contribution >= 4 is 11.7 Å². The first-order valence-electron chi connectivity index (χ1n) is 7.80. The molecule has 0 aliphatic heterocycles. The molecule has 0 unspecified atom stereocenters. The van der Waals surface area contributed by atoms with Gasteiger partial charge >= 0.3 is 5.97 Å². The minimum absolute atomic E-state index is 0.0455. The lowest BCUT2D eigenvalue weighted by Gasteiger charge is -2.08. The fraction of sp³-hybridized carbons (Fsp3) is 0.471. The third-order valence-electron chi connectivity index (χ3n) is 3.00. The van der Waals surface area contributed by atoms with Crippen molar-refractivity contribution < 1.29 is 28.7 Å². The molecule has 0 spiro atoms. The third-order valence-corrected chi connectivity index (χ3v) is 3.00. The van der Waals surface area contributed by atoms with E-state index in [0.717, 1.165) is 0 Å². The van der Waals surface area contributed by atoms with E-state index in [0.29, 0.717) is 37.6 Å². The molecule has 1 rings (SSSR count). The van der Waals surface area contributed by atoms with Crippen LogP contribution in [0.2, 0.25) is 0 Å². The zero-order valence-electron chi connectivity index (χ0n) is 14.3. The molecule has 0 bridgehead atoms. The Morgan fingerprint density at radius 3 is 2.20 bits per heavy atom. The average molecular weight is 353 g/mol. The van der Waals surface area contributed by atoms with E-state index in [1.54, 1.807) is 25.1 Å². The van der Waals surface area contributed by atoms with Crippen LogP contribution in [0.25, 0.3) is 0 Å². The number of ether oxygens (including phenoxy) is 4. The van der Waals surface area contributed by atoms with Gasteiger partial charge in [-0.2, -0.15) is 0 Å². The van der Waals surface area contributed by atoms with Crippen LogP contribution in [-0.2, 0) is 30.3 Å². The molecule has 25 heavy (non-hydrogen) atoms. The minimum atomic E-state index is -0.435. The van der Waals surface area contributed by atoms with E-state index in [-0.39, 0.29) is 25.5 Å². The molecule has 0 N–H and O–H groups in total. The second-order valence-electron chi connectivity index (χ2n) is 5.08. The predicted molar refractivity (Wildman–Crippen MR) is 90.2 cm³/mol. The highest BCUT2D eigenvalue weighted by Gasteiger charge is 2.11. The molecule has 0 radical (unpaired) electrons.